The molecule has 0 saturated heterocycles. The van der Waals surface area contributed by atoms with E-state index in [9.17, 15) is 9.59 Å². The quantitative estimate of drug-likeness (QED) is 0.748. The van der Waals surface area contributed by atoms with Crippen LogP contribution in [0.15, 0.2) is 24.4 Å². The van der Waals surface area contributed by atoms with Crippen LogP contribution >= 0.6 is 12.4 Å². The molecule has 0 aliphatic rings. The Morgan fingerprint density at radius 3 is 2.76 bits per heavy atom. The van der Waals surface area contributed by atoms with Gasteiger partial charge >= 0.3 is 0 Å². The zero-order valence-electron chi connectivity index (χ0n) is 11.6. The number of rotatable bonds is 5. The molecule has 0 spiro atoms. The number of aryl methyl sites for hydroxylation is 1. The summed E-state index contributed by atoms with van der Waals surface area (Å²) in [5.41, 5.74) is 6.76. The molecule has 0 saturated carbocycles. The number of hydrogen-bond donors (Lipinski definition) is 3. The molecular formula is C13H18ClN5O2. The van der Waals surface area contributed by atoms with Crippen LogP contribution in [0, 0.1) is 0 Å². The van der Waals surface area contributed by atoms with Gasteiger partial charge in [0.25, 0.3) is 0 Å². The molecule has 4 N–H and O–H groups in total. The summed E-state index contributed by atoms with van der Waals surface area (Å²) in [6, 6.07) is 5.55. The van der Waals surface area contributed by atoms with Gasteiger partial charge in [-0.2, -0.15) is 5.10 Å². The van der Waals surface area contributed by atoms with Crippen LogP contribution in [-0.4, -0.2) is 34.7 Å². The number of nitrogens with zero attached hydrogens (tertiary/aromatic N) is 2. The van der Waals surface area contributed by atoms with E-state index in [-0.39, 0.29) is 37.3 Å². The van der Waals surface area contributed by atoms with Crippen molar-refractivity contribution in [2.75, 3.05) is 18.4 Å². The molecule has 0 radical (unpaired) electrons. The van der Waals surface area contributed by atoms with E-state index in [1.54, 1.807) is 12.3 Å². The smallest absolute Gasteiger partial charge is 0.243 e. The SMILES string of the molecule is CCn1ncc2ccc(NC(=O)CNC(=O)CN)cc21.Cl. The van der Waals surface area contributed by atoms with E-state index >= 15 is 0 Å². The Kier molecular flexibility index (Phi) is 6.13. The number of benzene rings is 1. The van der Waals surface area contributed by atoms with Gasteiger partial charge in [0.1, 0.15) is 0 Å². The van der Waals surface area contributed by atoms with Crippen LogP contribution in [0.2, 0.25) is 0 Å². The second-order valence-electron chi connectivity index (χ2n) is 4.26. The molecule has 1 aromatic heterocycles. The van der Waals surface area contributed by atoms with Crippen molar-refractivity contribution in [3.8, 4) is 0 Å². The zero-order valence-corrected chi connectivity index (χ0v) is 12.4. The first-order valence-electron chi connectivity index (χ1n) is 6.36. The molecule has 0 aliphatic carbocycles. The average molecular weight is 312 g/mol. The molecule has 1 heterocycles. The lowest BCUT2D eigenvalue weighted by Gasteiger charge is -2.07. The fraction of sp³-hybridized carbons (Fsp3) is 0.308. The maximum atomic E-state index is 11.7. The third-order valence-electron chi connectivity index (χ3n) is 2.86. The maximum Gasteiger partial charge on any atom is 0.243 e. The number of hydrogen-bond acceptors (Lipinski definition) is 4. The van der Waals surface area contributed by atoms with Gasteiger partial charge in [0, 0.05) is 17.6 Å². The van der Waals surface area contributed by atoms with E-state index in [4.69, 9.17) is 5.73 Å². The van der Waals surface area contributed by atoms with Crippen molar-refractivity contribution in [2.24, 2.45) is 5.73 Å². The first-order valence-corrected chi connectivity index (χ1v) is 6.36. The highest BCUT2D eigenvalue weighted by Crippen LogP contribution is 2.18. The Hall–Kier alpha value is -2.12. The molecule has 21 heavy (non-hydrogen) atoms. The number of aromatic nitrogens is 2. The summed E-state index contributed by atoms with van der Waals surface area (Å²) >= 11 is 0. The molecule has 2 amide bonds. The first kappa shape index (κ1) is 16.9. The minimum absolute atomic E-state index is 0. The summed E-state index contributed by atoms with van der Waals surface area (Å²) < 4.78 is 1.85. The zero-order chi connectivity index (χ0) is 14.5. The molecule has 8 heteroatoms. The van der Waals surface area contributed by atoms with E-state index in [0.717, 1.165) is 17.4 Å². The molecule has 0 atom stereocenters. The van der Waals surface area contributed by atoms with Gasteiger partial charge in [-0.1, -0.05) is 0 Å². The number of nitrogens with two attached hydrogens (primary N) is 1. The van der Waals surface area contributed by atoms with Gasteiger partial charge in [0.05, 0.1) is 24.8 Å². The molecule has 2 rings (SSSR count). The molecule has 0 fully saturated rings. The lowest BCUT2D eigenvalue weighted by Crippen LogP contribution is -2.36. The highest BCUT2D eigenvalue weighted by Gasteiger charge is 2.07. The molecule has 2 aromatic rings. The van der Waals surface area contributed by atoms with E-state index in [1.165, 1.54) is 0 Å². The van der Waals surface area contributed by atoms with E-state index < -0.39 is 0 Å². The van der Waals surface area contributed by atoms with Crippen molar-refractivity contribution in [1.82, 2.24) is 15.1 Å². The van der Waals surface area contributed by atoms with Gasteiger partial charge in [-0.3, -0.25) is 14.3 Å². The molecule has 0 aliphatic heterocycles. The van der Waals surface area contributed by atoms with Gasteiger partial charge in [-0.05, 0) is 25.1 Å². The molecule has 0 unspecified atom stereocenters. The highest BCUT2D eigenvalue weighted by atomic mass is 35.5. The van der Waals surface area contributed by atoms with Crippen LogP contribution in [0.25, 0.3) is 10.9 Å². The predicted molar refractivity (Wildman–Crippen MR) is 83.3 cm³/mol. The number of nitrogens with one attached hydrogen (secondary N) is 2. The highest BCUT2D eigenvalue weighted by molar-refractivity contribution is 5.96. The number of carbonyl (C=O) groups is 2. The maximum absolute atomic E-state index is 11.7. The van der Waals surface area contributed by atoms with Crippen molar-refractivity contribution >= 4 is 40.8 Å². The Bertz CT molecular complexity index is 641. The number of amides is 2. The number of fused-ring (bicyclic) bond motifs is 1. The average Bonchev–Trinajstić information content (AvgIpc) is 2.87. The van der Waals surface area contributed by atoms with Crippen LogP contribution in [0.4, 0.5) is 5.69 Å². The third-order valence-corrected chi connectivity index (χ3v) is 2.86. The van der Waals surface area contributed by atoms with Crippen LogP contribution in [0.1, 0.15) is 6.92 Å². The number of halogens is 1. The van der Waals surface area contributed by atoms with Crippen molar-refractivity contribution in [3.05, 3.63) is 24.4 Å². The molecule has 1 aromatic carbocycles. The Morgan fingerprint density at radius 2 is 2.10 bits per heavy atom. The van der Waals surface area contributed by atoms with E-state index in [0.29, 0.717) is 5.69 Å². The van der Waals surface area contributed by atoms with Gasteiger partial charge in [0.2, 0.25) is 11.8 Å². The van der Waals surface area contributed by atoms with E-state index in [2.05, 4.69) is 15.7 Å². The van der Waals surface area contributed by atoms with Gasteiger partial charge in [0.15, 0.2) is 0 Å². The fourth-order valence-corrected chi connectivity index (χ4v) is 1.86. The lowest BCUT2D eigenvalue weighted by atomic mass is 10.2. The first-order chi connectivity index (χ1) is 9.63. The standard InChI is InChI=1S/C13H17N5O2.ClH/c1-2-18-11-5-10(4-3-9(11)7-16-18)17-13(20)8-15-12(19)6-14;/h3-5,7H,2,6,8,14H2,1H3,(H,15,19)(H,17,20);1H. The Balaban J connectivity index is 0.00000220. The summed E-state index contributed by atoms with van der Waals surface area (Å²) in [6.07, 6.45) is 1.78. The summed E-state index contributed by atoms with van der Waals surface area (Å²) in [4.78, 5) is 22.6. The van der Waals surface area contributed by atoms with Crippen molar-refractivity contribution in [3.63, 3.8) is 0 Å². The normalized spacial score (nSPS) is 10.0. The van der Waals surface area contributed by atoms with Crippen LogP contribution in [0.5, 0.6) is 0 Å². The summed E-state index contributed by atoms with van der Waals surface area (Å²) in [6.45, 7) is 2.53. The van der Waals surface area contributed by atoms with Gasteiger partial charge in [-0.25, -0.2) is 0 Å². The van der Waals surface area contributed by atoms with Crippen molar-refractivity contribution in [1.29, 1.82) is 0 Å². The summed E-state index contributed by atoms with van der Waals surface area (Å²) in [7, 11) is 0. The molecular weight excluding hydrogens is 294 g/mol. The van der Waals surface area contributed by atoms with Crippen LogP contribution in [0.3, 0.4) is 0 Å². The van der Waals surface area contributed by atoms with E-state index in [1.807, 2.05) is 23.7 Å². The second kappa shape index (κ2) is 7.61. The van der Waals surface area contributed by atoms with Gasteiger partial charge in [-0.15, -0.1) is 12.4 Å². The molecule has 7 nitrogen and oxygen atoms in total. The third kappa shape index (κ3) is 4.17. The minimum Gasteiger partial charge on any atom is -0.346 e. The summed E-state index contributed by atoms with van der Waals surface area (Å²) in [5, 5.41) is 10.4. The largest absolute Gasteiger partial charge is 0.346 e. The van der Waals surface area contributed by atoms with Crippen LogP contribution in [-0.2, 0) is 16.1 Å². The second-order valence-corrected chi connectivity index (χ2v) is 4.26. The van der Waals surface area contributed by atoms with Crippen molar-refractivity contribution in [2.45, 2.75) is 13.5 Å². The Morgan fingerprint density at radius 1 is 1.33 bits per heavy atom. The van der Waals surface area contributed by atoms with Crippen LogP contribution < -0.4 is 16.4 Å². The fourth-order valence-electron chi connectivity index (χ4n) is 1.86. The minimum atomic E-state index is -0.361. The molecule has 114 valence electrons. The van der Waals surface area contributed by atoms with Crippen molar-refractivity contribution < 1.29 is 9.59 Å². The topological polar surface area (TPSA) is 102 Å². The lowest BCUT2D eigenvalue weighted by molar-refractivity contribution is -0.123. The van der Waals surface area contributed by atoms with Gasteiger partial charge < -0.3 is 16.4 Å². The predicted octanol–water partition coefficient (Wildman–Crippen LogP) is 0.491. The number of carbonyl (C=O) groups excluding carboxylic acids is 2. The summed E-state index contributed by atoms with van der Waals surface area (Å²) in [5.74, 6) is -0.659. The monoisotopic (exact) mass is 311 g/mol. The number of anilines is 1. The Labute approximate surface area is 128 Å². The molecule has 0 bridgehead atoms.